The van der Waals surface area contributed by atoms with Crippen molar-refractivity contribution >= 4 is 27.7 Å². The van der Waals surface area contributed by atoms with E-state index in [1.165, 1.54) is 31.2 Å². The van der Waals surface area contributed by atoms with Gasteiger partial charge in [-0.1, -0.05) is 41.9 Å². The highest BCUT2D eigenvalue weighted by Crippen LogP contribution is 2.36. The van der Waals surface area contributed by atoms with Gasteiger partial charge in [0.05, 0.1) is 18.3 Å². The van der Waals surface area contributed by atoms with E-state index in [2.05, 4.69) is 0 Å². The van der Waals surface area contributed by atoms with Gasteiger partial charge < -0.3 is 5.11 Å². The van der Waals surface area contributed by atoms with Crippen LogP contribution < -0.4 is 4.72 Å². The van der Waals surface area contributed by atoms with Gasteiger partial charge in [-0.15, -0.1) is 0 Å². The number of carboxylic acid groups (broad SMARTS) is 1. The van der Waals surface area contributed by atoms with Gasteiger partial charge in [0.15, 0.2) is 0 Å². The molecule has 168 valence electrons. The monoisotopic (exact) mass is 476 g/mol. The first-order valence-corrected chi connectivity index (χ1v) is 11.4. The molecule has 0 aromatic heterocycles. The lowest BCUT2D eigenvalue weighted by atomic mass is 9.95. The first-order chi connectivity index (χ1) is 14.4. The summed E-state index contributed by atoms with van der Waals surface area (Å²) in [4.78, 5) is 12.0. The fourth-order valence-electron chi connectivity index (χ4n) is 3.62. The number of carbonyl (C=O) groups is 1. The molecule has 1 aliphatic heterocycles. The van der Waals surface area contributed by atoms with Crippen LogP contribution in [0.5, 0.6) is 0 Å². The summed E-state index contributed by atoms with van der Waals surface area (Å²) in [5, 5.41) is 9.79. The lowest BCUT2D eigenvalue weighted by molar-refractivity contribution is -0.00563. The van der Waals surface area contributed by atoms with Crippen LogP contribution in [0.25, 0.3) is 11.1 Å². The zero-order valence-corrected chi connectivity index (χ0v) is 17.9. The normalized spacial score (nSPS) is 20.7. The first kappa shape index (κ1) is 23.4. The number of nitrogens with zero attached hydrogens (tertiary/aromatic N) is 1. The second kappa shape index (κ2) is 8.68. The molecule has 2 aromatic rings. The van der Waals surface area contributed by atoms with Gasteiger partial charge in [0.1, 0.15) is 11.9 Å². The van der Waals surface area contributed by atoms with E-state index in [0.717, 1.165) is 0 Å². The summed E-state index contributed by atoms with van der Waals surface area (Å²) in [5.74, 6) is -4.84. The maximum Gasteiger partial charge on any atom is 0.407 e. The fraction of sp³-hybridized carbons (Fsp3) is 0.350. The van der Waals surface area contributed by atoms with Crippen LogP contribution >= 0.6 is 11.6 Å². The molecule has 0 aliphatic carbocycles. The van der Waals surface area contributed by atoms with Crippen LogP contribution in [-0.2, 0) is 16.4 Å². The fourth-order valence-corrected chi connectivity index (χ4v) is 4.70. The number of nitrogens with one attached hydrogen (secondary N) is 1. The van der Waals surface area contributed by atoms with Crippen molar-refractivity contribution in [3.8, 4) is 11.1 Å². The van der Waals surface area contributed by atoms with Crippen molar-refractivity contribution in [2.24, 2.45) is 0 Å². The Balaban J connectivity index is 2.01. The Morgan fingerprint density at radius 2 is 1.97 bits per heavy atom. The number of benzene rings is 2. The number of alkyl halides is 2. The van der Waals surface area contributed by atoms with Crippen LogP contribution in [-0.4, -0.2) is 54.8 Å². The van der Waals surface area contributed by atoms with E-state index in [1.807, 2.05) is 4.72 Å². The molecule has 2 atom stereocenters. The maximum atomic E-state index is 15.3. The summed E-state index contributed by atoms with van der Waals surface area (Å²) < 4.78 is 70.3. The molecule has 1 amide bonds. The molecule has 0 saturated carbocycles. The number of rotatable bonds is 6. The Labute approximate surface area is 182 Å². The van der Waals surface area contributed by atoms with E-state index in [-0.39, 0.29) is 11.1 Å². The molecule has 0 unspecified atom stereocenters. The zero-order valence-electron chi connectivity index (χ0n) is 16.4. The summed E-state index contributed by atoms with van der Waals surface area (Å²) in [6.45, 7) is 0.0764. The summed E-state index contributed by atoms with van der Waals surface area (Å²) in [6, 6.07) is 7.23. The van der Waals surface area contributed by atoms with Crippen LogP contribution in [0.2, 0.25) is 5.02 Å². The average Bonchev–Trinajstić information content (AvgIpc) is 2.94. The van der Waals surface area contributed by atoms with E-state index in [4.69, 9.17) is 11.6 Å². The molecule has 1 fully saturated rings. The Morgan fingerprint density at radius 3 is 2.58 bits per heavy atom. The van der Waals surface area contributed by atoms with Gasteiger partial charge in [-0.2, -0.15) is 0 Å². The number of hydrogen-bond donors (Lipinski definition) is 2. The van der Waals surface area contributed by atoms with Crippen molar-refractivity contribution in [2.45, 2.75) is 31.4 Å². The number of hydrogen-bond acceptors (Lipinski definition) is 3. The van der Waals surface area contributed by atoms with Crippen LogP contribution in [0.15, 0.2) is 42.5 Å². The molecule has 2 N–H and O–H groups in total. The standard InChI is InChI=1S/C20H20ClF3N2O4S/c1-2-31(29,30)25-18-16(26(19(27)28)11-20(18,23)24)10-13-6-4-8-15(17(13)22)12-5-3-7-14(21)9-12/h3-9,16,18,25H,2,10-11H2,1H3,(H,27,28)/t16-,18+/m0/s1. The molecule has 0 spiro atoms. The van der Waals surface area contributed by atoms with Gasteiger partial charge >= 0.3 is 6.09 Å². The highest BCUT2D eigenvalue weighted by Gasteiger charge is 2.57. The minimum absolute atomic E-state index is 0.0212. The number of sulfonamides is 1. The van der Waals surface area contributed by atoms with Gasteiger partial charge in [0.2, 0.25) is 10.0 Å². The molecule has 0 radical (unpaired) electrons. The predicted molar refractivity (Wildman–Crippen MR) is 110 cm³/mol. The van der Waals surface area contributed by atoms with Gasteiger partial charge in [0, 0.05) is 10.6 Å². The third-order valence-electron chi connectivity index (χ3n) is 5.20. The Kier molecular flexibility index (Phi) is 6.54. The third-order valence-corrected chi connectivity index (χ3v) is 6.81. The molecule has 31 heavy (non-hydrogen) atoms. The Morgan fingerprint density at radius 1 is 1.29 bits per heavy atom. The van der Waals surface area contributed by atoms with Crippen molar-refractivity contribution in [3.63, 3.8) is 0 Å². The zero-order chi connectivity index (χ0) is 23.0. The maximum absolute atomic E-state index is 15.3. The summed E-state index contributed by atoms with van der Waals surface area (Å²) in [6.07, 6.45) is -2.09. The lowest BCUT2D eigenvalue weighted by Gasteiger charge is -2.27. The van der Waals surface area contributed by atoms with E-state index >= 15 is 4.39 Å². The van der Waals surface area contributed by atoms with Crippen molar-refractivity contribution in [2.75, 3.05) is 12.3 Å². The summed E-state index contributed by atoms with van der Waals surface area (Å²) in [5.41, 5.74) is 0.603. The quantitative estimate of drug-likeness (QED) is 0.660. The van der Waals surface area contributed by atoms with Crippen LogP contribution in [0.3, 0.4) is 0 Å². The molecular weight excluding hydrogens is 457 g/mol. The largest absolute Gasteiger partial charge is 0.465 e. The molecule has 1 heterocycles. The van der Waals surface area contributed by atoms with Crippen molar-refractivity contribution in [3.05, 3.63) is 58.9 Å². The smallest absolute Gasteiger partial charge is 0.407 e. The molecule has 0 bridgehead atoms. The number of likely N-dealkylation sites (tertiary alicyclic amines) is 1. The number of halogens is 4. The van der Waals surface area contributed by atoms with E-state index in [1.54, 1.807) is 18.2 Å². The van der Waals surface area contributed by atoms with E-state index in [0.29, 0.717) is 15.5 Å². The van der Waals surface area contributed by atoms with Gasteiger partial charge in [-0.3, -0.25) is 4.90 Å². The molecule has 11 heteroatoms. The first-order valence-electron chi connectivity index (χ1n) is 9.36. The second-order valence-electron chi connectivity index (χ2n) is 7.23. The van der Waals surface area contributed by atoms with Gasteiger partial charge in [-0.25, -0.2) is 31.1 Å². The molecule has 1 saturated heterocycles. The van der Waals surface area contributed by atoms with Crippen LogP contribution in [0.4, 0.5) is 18.0 Å². The highest BCUT2D eigenvalue weighted by atomic mass is 35.5. The van der Waals surface area contributed by atoms with E-state index < -0.39 is 58.7 Å². The molecule has 1 aliphatic rings. The van der Waals surface area contributed by atoms with Crippen molar-refractivity contribution in [1.29, 1.82) is 0 Å². The van der Waals surface area contributed by atoms with E-state index in [9.17, 15) is 27.1 Å². The SMILES string of the molecule is CCS(=O)(=O)N[C@@H]1[C@H](Cc2cccc(-c3cccc(Cl)c3)c2F)N(C(=O)O)CC1(F)F. The predicted octanol–water partition coefficient (Wildman–Crippen LogP) is 3.99. The molecule has 2 aromatic carbocycles. The van der Waals surface area contributed by atoms with Crippen LogP contribution in [0, 0.1) is 5.82 Å². The van der Waals surface area contributed by atoms with Crippen LogP contribution in [0.1, 0.15) is 12.5 Å². The summed E-state index contributed by atoms with van der Waals surface area (Å²) >= 11 is 5.96. The Hall–Kier alpha value is -2.30. The second-order valence-corrected chi connectivity index (χ2v) is 9.71. The molecule has 6 nitrogen and oxygen atoms in total. The van der Waals surface area contributed by atoms with Gasteiger partial charge in [-0.05, 0) is 36.6 Å². The third kappa shape index (κ3) is 4.97. The summed E-state index contributed by atoms with van der Waals surface area (Å²) in [7, 11) is -4.07. The average molecular weight is 477 g/mol. The van der Waals surface area contributed by atoms with Crippen molar-refractivity contribution in [1.82, 2.24) is 9.62 Å². The molecular formula is C20H20ClF3N2O4S. The minimum atomic E-state index is -4.07. The minimum Gasteiger partial charge on any atom is -0.465 e. The molecule has 3 rings (SSSR count). The lowest BCUT2D eigenvalue weighted by Crippen LogP contribution is -2.52. The highest BCUT2D eigenvalue weighted by molar-refractivity contribution is 7.89. The Bertz CT molecular complexity index is 1100. The number of amides is 1. The van der Waals surface area contributed by atoms with Crippen molar-refractivity contribution < 1.29 is 31.5 Å². The van der Waals surface area contributed by atoms with Gasteiger partial charge in [0.25, 0.3) is 5.92 Å². The topological polar surface area (TPSA) is 86.7 Å².